The van der Waals surface area contributed by atoms with E-state index in [1.165, 1.54) is 10.4 Å². The number of ether oxygens (including phenoxy) is 2. The minimum atomic E-state index is -3.73. The summed E-state index contributed by atoms with van der Waals surface area (Å²) in [6, 6.07) is 12.8. The van der Waals surface area contributed by atoms with Crippen LogP contribution in [-0.4, -0.2) is 33.2 Å². The largest absolute Gasteiger partial charge is 0.486 e. The molecule has 0 saturated heterocycles. The summed E-state index contributed by atoms with van der Waals surface area (Å²) in [5.41, 5.74) is 2.90. The lowest BCUT2D eigenvalue weighted by Crippen LogP contribution is -2.30. The van der Waals surface area contributed by atoms with Gasteiger partial charge in [-0.3, -0.25) is 0 Å². The highest BCUT2D eigenvalue weighted by Crippen LogP contribution is 2.37. The monoisotopic (exact) mass is 382 g/mol. The van der Waals surface area contributed by atoms with Gasteiger partial charge in [0.15, 0.2) is 11.5 Å². The molecule has 2 aromatic carbocycles. The second-order valence-corrected chi connectivity index (χ2v) is 8.66. The van der Waals surface area contributed by atoms with E-state index in [4.69, 9.17) is 9.47 Å². The second-order valence-electron chi connectivity index (χ2n) is 6.80. The molecule has 3 heterocycles. The molecule has 0 bridgehead atoms. The van der Waals surface area contributed by atoms with Crippen LogP contribution >= 0.6 is 0 Å². The van der Waals surface area contributed by atoms with Crippen LogP contribution in [0.1, 0.15) is 11.1 Å². The van der Waals surface area contributed by atoms with Crippen LogP contribution in [0.3, 0.4) is 0 Å². The maximum Gasteiger partial charge on any atom is 0.265 e. The molecule has 27 heavy (non-hydrogen) atoms. The van der Waals surface area contributed by atoms with Crippen LogP contribution < -0.4 is 13.8 Å². The lowest BCUT2D eigenvalue weighted by molar-refractivity contribution is 0.171. The first-order chi connectivity index (χ1) is 13.0. The Hall–Kier alpha value is -2.80. The number of benzene rings is 2. The zero-order valence-corrected chi connectivity index (χ0v) is 15.6. The van der Waals surface area contributed by atoms with Gasteiger partial charge < -0.3 is 9.47 Å². The van der Waals surface area contributed by atoms with E-state index < -0.39 is 10.0 Å². The molecule has 0 aliphatic carbocycles. The van der Waals surface area contributed by atoms with Crippen LogP contribution in [0.15, 0.2) is 47.4 Å². The van der Waals surface area contributed by atoms with E-state index in [-0.39, 0.29) is 4.90 Å². The number of hydrogen-bond acceptors (Lipinski definition) is 5. The van der Waals surface area contributed by atoms with Gasteiger partial charge in [0.25, 0.3) is 10.0 Å². The highest BCUT2D eigenvalue weighted by Gasteiger charge is 2.33. The second kappa shape index (κ2) is 5.85. The lowest BCUT2D eigenvalue weighted by Gasteiger charge is -2.22. The van der Waals surface area contributed by atoms with Crippen LogP contribution in [0, 0.1) is 6.92 Å². The highest BCUT2D eigenvalue weighted by molar-refractivity contribution is 7.92. The predicted molar refractivity (Wildman–Crippen MR) is 102 cm³/mol. The van der Waals surface area contributed by atoms with E-state index >= 15 is 0 Å². The average Bonchev–Trinajstić information content (AvgIpc) is 3.09. The predicted octanol–water partition coefficient (Wildman–Crippen LogP) is 3.07. The summed E-state index contributed by atoms with van der Waals surface area (Å²) in [5, 5.41) is 1.03. The quantitative estimate of drug-likeness (QED) is 0.681. The first-order valence-corrected chi connectivity index (χ1v) is 10.3. The van der Waals surface area contributed by atoms with Gasteiger partial charge in [-0.2, -0.15) is 0 Å². The average molecular weight is 382 g/mol. The molecule has 5 rings (SSSR count). The van der Waals surface area contributed by atoms with Gasteiger partial charge in [0, 0.05) is 18.0 Å². The van der Waals surface area contributed by atoms with Gasteiger partial charge in [0.2, 0.25) is 0 Å². The molecule has 0 N–H and O–H groups in total. The minimum absolute atomic E-state index is 0.186. The molecule has 2 aliphatic rings. The van der Waals surface area contributed by atoms with E-state index in [2.05, 4.69) is 11.1 Å². The van der Waals surface area contributed by atoms with E-state index in [1.54, 1.807) is 12.1 Å². The first-order valence-electron chi connectivity index (χ1n) is 8.85. The van der Waals surface area contributed by atoms with Crippen molar-refractivity contribution in [2.75, 3.05) is 24.1 Å². The topological polar surface area (TPSA) is 68.7 Å². The van der Waals surface area contributed by atoms with Gasteiger partial charge >= 0.3 is 0 Å². The molecule has 2 aliphatic heterocycles. The number of anilines is 1. The zero-order valence-electron chi connectivity index (χ0n) is 14.8. The van der Waals surface area contributed by atoms with Crippen molar-refractivity contribution in [2.24, 2.45) is 0 Å². The number of fused-ring (bicyclic) bond motifs is 3. The molecule has 6 nitrogen and oxygen atoms in total. The molecule has 1 aromatic heterocycles. The molecular formula is C20H18N2O4S. The van der Waals surface area contributed by atoms with Gasteiger partial charge in [-0.25, -0.2) is 17.7 Å². The summed E-state index contributed by atoms with van der Waals surface area (Å²) in [7, 11) is -3.73. The number of pyridine rings is 1. The minimum Gasteiger partial charge on any atom is -0.486 e. The standard InChI is InChI=1S/C20H18N2O4S/c1-13-2-4-17-15(10-13)11-14-6-7-22(20(14)21-17)27(23,24)16-3-5-18-19(12-16)26-9-8-25-18/h2-5,10-12H,6-9H2,1H3. The lowest BCUT2D eigenvalue weighted by atomic mass is 10.1. The van der Waals surface area contributed by atoms with Crippen LogP contribution in [-0.2, 0) is 16.4 Å². The molecule has 3 aromatic rings. The van der Waals surface area contributed by atoms with Gasteiger partial charge in [0.1, 0.15) is 19.0 Å². The van der Waals surface area contributed by atoms with Gasteiger partial charge in [-0.05, 0) is 49.2 Å². The fourth-order valence-corrected chi connectivity index (χ4v) is 5.07. The number of nitrogens with zero attached hydrogens (tertiary/aromatic N) is 2. The zero-order chi connectivity index (χ0) is 18.6. The summed E-state index contributed by atoms with van der Waals surface area (Å²) in [6.45, 7) is 3.30. The van der Waals surface area contributed by atoms with Crippen LogP contribution in [0.2, 0.25) is 0 Å². The molecule has 7 heteroatoms. The number of aromatic nitrogens is 1. The van der Waals surface area contributed by atoms with Crippen molar-refractivity contribution in [3.63, 3.8) is 0 Å². The summed E-state index contributed by atoms with van der Waals surface area (Å²) >= 11 is 0. The Balaban J connectivity index is 1.59. The molecule has 138 valence electrons. The van der Waals surface area contributed by atoms with Gasteiger partial charge in [-0.1, -0.05) is 11.6 Å². The van der Waals surface area contributed by atoms with Crippen molar-refractivity contribution in [1.29, 1.82) is 0 Å². The third-order valence-corrected chi connectivity index (χ3v) is 6.73. The Bertz CT molecular complexity index is 1170. The normalized spacial score (nSPS) is 15.8. The van der Waals surface area contributed by atoms with Crippen molar-refractivity contribution in [3.05, 3.63) is 53.6 Å². The van der Waals surface area contributed by atoms with Crippen molar-refractivity contribution in [3.8, 4) is 11.5 Å². The number of aryl methyl sites for hydroxylation is 1. The summed E-state index contributed by atoms with van der Waals surface area (Å²) in [5.74, 6) is 1.55. The summed E-state index contributed by atoms with van der Waals surface area (Å²) in [4.78, 5) is 4.83. The summed E-state index contributed by atoms with van der Waals surface area (Å²) in [6.07, 6.45) is 0.649. The van der Waals surface area contributed by atoms with Crippen LogP contribution in [0.5, 0.6) is 11.5 Å². The van der Waals surface area contributed by atoms with E-state index in [1.807, 2.05) is 25.1 Å². The molecule has 0 spiro atoms. The highest BCUT2D eigenvalue weighted by atomic mass is 32.2. The van der Waals surface area contributed by atoms with Crippen molar-refractivity contribution in [2.45, 2.75) is 18.2 Å². The Labute approximate surface area is 157 Å². The maximum atomic E-state index is 13.3. The fraction of sp³-hybridized carbons (Fsp3) is 0.250. The smallest absolute Gasteiger partial charge is 0.265 e. The van der Waals surface area contributed by atoms with Crippen LogP contribution in [0.4, 0.5) is 5.82 Å². The van der Waals surface area contributed by atoms with Crippen molar-refractivity contribution >= 4 is 26.7 Å². The van der Waals surface area contributed by atoms with E-state index in [0.29, 0.717) is 43.5 Å². The van der Waals surface area contributed by atoms with Gasteiger partial charge in [-0.15, -0.1) is 0 Å². The van der Waals surface area contributed by atoms with E-state index in [0.717, 1.165) is 22.0 Å². The molecule has 0 unspecified atom stereocenters. The van der Waals surface area contributed by atoms with Crippen molar-refractivity contribution < 1.29 is 17.9 Å². The Kier molecular flexibility index (Phi) is 3.55. The van der Waals surface area contributed by atoms with Crippen molar-refractivity contribution in [1.82, 2.24) is 4.98 Å². The maximum absolute atomic E-state index is 13.3. The number of rotatable bonds is 2. The fourth-order valence-electron chi connectivity index (χ4n) is 3.60. The Morgan fingerprint density at radius 2 is 1.81 bits per heavy atom. The number of sulfonamides is 1. The molecule has 0 atom stereocenters. The number of hydrogen-bond donors (Lipinski definition) is 0. The molecule has 0 amide bonds. The SMILES string of the molecule is Cc1ccc2nc3c(cc2c1)CCN3S(=O)(=O)c1ccc2c(c1)OCCO2. The first kappa shape index (κ1) is 16.4. The molecule has 0 fully saturated rings. The van der Waals surface area contributed by atoms with Crippen LogP contribution in [0.25, 0.3) is 10.9 Å². The van der Waals surface area contributed by atoms with Gasteiger partial charge in [0.05, 0.1) is 10.4 Å². The Morgan fingerprint density at radius 3 is 2.67 bits per heavy atom. The summed E-state index contributed by atoms with van der Waals surface area (Å²) < 4.78 is 38.9. The van der Waals surface area contributed by atoms with E-state index in [9.17, 15) is 8.42 Å². The molecule has 0 saturated carbocycles. The molecular weight excluding hydrogens is 364 g/mol. The third kappa shape index (κ3) is 2.61. The Morgan fingerprint density at radius 1 is 1.00 bits per heavy atom. The molecule has 0 radical (unpaired) electrons. The third-order valence-electron chi connectivity index (χ3n) is 4.95.